The number of fused-ring (bicyclic) bond motifs is 1. The first-order chi connectivity index (χ1) is 15.2. The van der Waals surface area contributed by atoms with Crippen molar-refractivity contribution in [2.75, 3.05) is 40.5 Å². The third kappa shape index (κ3) is 5.65. The molecule has 1 aromatic heterocycles. The van der Waals surface area contributed by atoms with Gasteiger partial charge >= 0.3 is 11.9 Å². The van der Waals surface area contributed by atoms with Crippen LogP contribution in [-0.4, -0.2) is 63.2 Å². The zero-order valence-corrected chi connectivity index (χ0v) is 17.0. The molecule has 1 aromatic carbocycles. The average molecular weight is 444 g/mol. The van der Waals surface area contributed by atoms with Crippen molar-refractivity contribution in [3.63, 3.8) is 0 Å². The lowest BCUT2D eigenvalue weighted by atomic mass is 10.1. The molecule has 0 fully saturated rings. The van der Waals surface area contributed by atoms with Gasteiger partial charge in [-0.1, -0.05) is 0 Å². The van der Waals surface area contributed by atoms with E-state index in [1.54, 1.807) is 24.3 Å². The highest BCUT2D eigenvalue weighted by Gasteiger charge is 2.23. The summed E-state index contributed by atoms with van der Waals surface area (Å²) < 4.78 is 0. The van der Waals surface area contributed by atoms with Gasteiger partial charge in [0.05, 0.1) is 6.04 Å². The topological polar surface area (TPSA) is 218 Å². The summed E-state index contributed by atoms with van der Waals surface area (Å²) >= 11 is 0. The van der Waals surface area contributed by atoms with E-state index in [1.807, 2.05) is 0 Å². The van der Waals surface area contributed by atoms with Crippen LogP contribution in [0.4, 0.5) is 29.0 Å². The summed E-state index contributed by atoms with van der Waals surface area (Å²) in [5.74, 6) is -2.13. The fourth-order valence-corrected chi connectivity index (χ4v) is 3.11. The number of anilines is 5. The standard InChI is InChI=1S/C19H24N8O5/c20-15-14-16(27-19(21)26-15)23-8-11(24-14)7-22-10-3-1-9(2-4-10)17(30)25-12(18(31)32)5-6-13(28)29/h1-4,11-12,22,24H,5-8H2,(H,25,30)(H,28,29)(H,31,32)(H5,20,21,23,26,27)/t11?,12-/m0/s1. The Morgan fingerprint density at radius 2 is 1.88 bits per heavy atom. The second-order valence-electron chi connectivity index (χ2n) is 7.17. The highest BCUT2D eigenvalue weighted by atomic mass is 16.4. The van der Waals surface area contributed by atoms with Gasteiger partial charge < -0.3 is 42.9 Å². The van der Waals surface area contributed by atoms with Gasteiger partial charge in [0.15, 0.2) is 11.6 Å². The number of hydrogen-bond donors (Lipinski definition) is 8. The lowest BCUT2D eigenvalue weighted by molar-refractivity contribution is -0.140. The van der Waals surface area contributed by atoms with Crippen LogP contribution in [0.15, 0.2) is 24.3 Å². The molecule has 13 nitrogen and oxygen atoms in total. The molecule has 2 heterocycles. The van der Waals surface area contributed by atoms with Crippen LogP contribution < -0.4 is 32.7 Å². The van der Waals surface area contributed by atoms with Crippen molar-refractivity contribution in [1.82, 2.24) is 15.3 Å². The number of aromatic nitrogens is 2. The van der Waals surface area contributed by atoms with Gasteiger partial charge in [0, 0.05) is 30.8 Å². The summed E-state index contributed by atoms with van der Waals surface area (Å²) in [5, 5.41) is 29.8. The molecule has 3 rings (SSSR count). The number of aliphatic carboxylic acids is 2. The summed E-state index contributed by atoms with van der Waals surface area (Å²) in [6.07, 6.45) is -0.566. The third-order valence-corrected chi connectivity index (χ3v) is 4.77. The number of nitrogens with two attached hydrogens (primary N) is 2. The normalized spacial score (nSPS) is 15.4. The van der Waals surface area contributed by atoms with E-state index >= 15 is 0 Å². The van der Waals surface area contributed by atoms with Crippen molar-refractivity contribution in [2.45, 2.75) is 24.9 Å². The molecule has 10 N–H and O–H groups in total. The van der Waals surface area contributed by atoms with Crippen LogP contribution in [0.5, 0.6) is 0 Å². The number of carboxylic acid groups (broad SMARTS) is 2. The van der Waals surface area contributed by atoms with Crippen LogP contribution in [0.25, 0.3) is 0 Å². The molecule has 1 aliphatic heterocycles. The number of hydrogen-bond acceptors (Lipinski definition) is 10. The van der Waals surface area contributed by atoms with E-state index in [2.05, 4.69) is 31.2 Å². The van der Waals surface area contributed by atoms with Crippen LogP contribution in [-0.2, 0) is 9.59 Å². The fourth-order valence-electron chi connectivity index (χ4n) is 3.11. The van der Waals surface area contributed by atoms with E-state index < -0.39 is 23.9 Å². The van der Waals surface area contributed by atoms with Crippen LogP contribution >= 0.6 is 0 Å². The van der Waals surface area contributed by atoms with E-state index in [0.717, 1.165) is 5.69 Å². The highest BCUT2D eigenvalue weighted by Crippen LogP contribution is 2.29. The van der Waals surface area contributed by atoms with E-state index in [4.69, 9.17) is 21.7 Å². The van der Waals surface area contributed by atoms with Gasteiger partial charge in [-0.15, -0.1) is 0 Å². The molecule has 0 saturated carbocycles. The number of rotatable bonds is 9. The summed E-state index contributed by atoms with van der Waals surface area (Å²) in [6.45, 7) is 1.10. The molecule has 0 saturated heterocycles. The van der Waals surface area contributed by atoms with Crippen molar-refractivity contribution < 1.29 is 24.6 Å². The van der Waals surface area contributed by atoms with Crippen molar-refractivity contribution in [3.8, 4) is 0 Å². The molecule has 0 spiro atoms. The first kappa shape index (κ1) is 22.4. The van der Waals surface area contributed by atoms with Crippen LogP contribution in [0.3, 0.4) is 0 Å². The third-order valence-electron chi connectivity index (χ3n) is 4.77. The first-order valence-electron chi connectivity index (χ1n) is 9.75. The van der Waals surface area contributed by atoms with Gasteiger partial charge in [-0.2, -0.15) is 9.97 Å². The molecule has 2 aromatic rings. The molecule has 1 unspecified atom stereocenters. The van der Waals surface area contributed by atoms with E-state index in [-0.39, 0.29) is 36.2 Å². The number of carboxylic acids is 2. The van der Waals surface area contributed by atoms with E-state index in [9.17, 15) is 14.4 Å². The molecule has 2 atom stereocenters. The van der Waals surface area contributed by atoms with E-state index in [0.29, 0.717) is 24.6 Å². The molecule has 0 radical (unpaired) electrons. The minimum Gasteiger partial charge on any atom is -0.481 e. The van der Waals surface area contributed by atoms with Crippen molar-refractivity contribution in [3.05, 3.63) is 29.8 Å². The molecule has 1 aliphatic rings. The SMILES string of the molecule is Nc1nc(N)c2c(n1)NCC(CNc1ccc(C(=O)N[C@@H](CCC(=O)O)C(=O)O)cc1)N2. The minimum absolute atomic E-state index is 0.0226. The monoisotopic (exact) mass is 444 g/mol. The van der Waals surface area contributed by atoms with Crippen molar-refractivity contribution in [1.29, 1.82) is 0 Å². The van der Waals surface area contributed by atoms with Gasteiger partial charge in [0.1, 0.15) is 11.7 Å². The molecule has 170 valence electrons. The number of benzene rings is 1. The second-order valence-corrected chi connectivity index (χ2v) is 7.17. The largest absolute Gasteiger partial charge is 0.481 e. The predicted octanol–water partition coefficient (Wildman–Crippen LogP) is 0.00690. The number of carbonyl (C=O) groups is 3. The Balaban J connectivity index is 1.54. The Morgan fingerprint density at radius 3 is 2.53 bits per heavy atom. The van der Waals surface area contributed by atoms with Gasteiger partial charge in [0.2, 0.25) is 5.95 Å². The maximum Gasteiger partial charge on any atom is 0.326 e. The first-order valence-corrected chi connectivity index (χ1v) is 9.75. The summed E-state index contributed by atoms with van der Waals surface area (Å²) in [6, 6.07) is 5.16. The smallest absolute Gasteiger partial charge is 0.326 e. The maximum atomic E-state index is 12.3. The second kappa shape index (κ2) is 9.68. The zero-order chi connectivity index (χ0) is 23.3. The zero-order valence-electron chi connectivity index (χ0n) is 17.0. The number of nitrogens with one attached hydrogen (secondary N) is 4. The van der Waals surface area contributed by atoms with Crippen molar-refractivity contribution in [2.24, 2.45) is 0 Å². The Labute approximate surface area is 182 Å². The van der Waals surface area contributed by atoms with Gasteiger partial charge in [-0.3, -0.25) is 9.59 Å². The summed E-state index contributed by atoms with van der Waals surface area (Å²) in [5.41, 5.74) is 13.1. The molecule has 32 heavy (non-hydrogen) atoms. The van der Waals surface area contributed by atoms with Gasteiger partial charge in [-0.05, 0) is 30.7 Å². The minimum atomic E-state index is -1.29. The highest BCUT2D eigenvalue weighted by molar-refractivity contribution is 5.97. The van der Waals surface area contributed by atoms with Crippen LogP contribution in [0.2, 0.25) is 0 Å². The lowest BCUT2D eigenvalue weighted by Gasteiger charge is -2.28. The number of nitrogen functional groups attached to an aromatic ring is 2. The maximum absolute atomic E-state index is 12.3. The van der Waals surface area contributed by atoms with Crippen LogP contribution in [0.1, 0.15) is 23.2 Å². The van der Waals surface area contributed by atoms with Gasteiger partial charge in [0.25, 0.3) is 5.91 Å². The Morgan fingerprint density at radius 1 is 1.16 bits per heavy atom. The molecular formula is C19H24N8O5. The lowest BCUT2D eigenvalue weighted by Crippen LogP contribution is -2.41. The Bertz CT molecular complexity index is 1010. The molecule has 1 amide bonds. The quantitative estimate of drug-likeness (QED) is 0.256. The molecular weight excluding hydrogens is 420 g/mol. The van der Waals surface area contributed by atoms with Crippen molar-refractivity contribution >= 4 is 46.8 Å². The number of nitrogens with zero attached hydrogens (tertiary/aromatic N) is 2. The Hall–Kier alpha value is -4.29. The predicted molar refractivity (Wildman–Crippen MR) is 117 cm³/mol. The Kier molecular flexibility index (Phi) is 6.77. The summed E-state index contributed by atoms with van der Waals surface area (Å²) in [7, 11) is 0. The van der Waals surface area contributed by atoms with Gasteiger partial charge in [-0.25, -0.2) is 4.79 Å². The van der Waals surface area contributed by atoms with E-state index in [1.165, 1.54) is 0 Å². The average Bonchev–Trinajstić information content (AvgIpc) is 2.75. The molecule has 0 aliphatic carbocycles. The molecule has 13 heteroatoms. The summed E-state index contributed by atoms with van der Waals surface area (Å²) in [4.78, 5) is 42.2. The number of amides is 1. The number of carbonyl (C=O) groups excluding carboxylic acids is 1. The molecule has 0 bridgehead atoms. The van der Waals surface area contributed by atoms with Crippen LogP contribution in [0, 0.1) is 0 Å². The fraction of sp³-hybridized carbons (Fsp3) is 0.316.